The van der Waals surface area contributed by atoms with E-state index in [9.17, 15) is 0 Å². The van der Waals surface area contributed by atoms with Crippen LogP contribution in [0, 0.1) is 0 Å². The predicted octanol–water partition coefficient (Wildman–Crippen LogP) is 5.15. The number of nitrogens with zero attached hydrogens (tertiary/aromatic N) is 1. The summed E-state index contributed by atoms with van der Waals surface area (Å²) in [5.41, 5.74) is 5.44. The molecule has 0 spiro atoms. The predicted molar refractivity (Wildman–Crippen MR) is 96.0 cm³/mol. The summed E-state index contributed by atoms with van der Waals surface area (Å²) < 4.78 is 0. The van der Waals surface area contributed by atoms with Gasteiger partial charge in [-0.3, -0.25) is 0 Å². The number of para-hydroxylation sites is 2. The summed E-state index contributed by atoms with van der Waals surface area (Å²) in [5.74, 6) is 0.890. The van der Waals surface area contributed by atoms with Crippen LogP contribution in [0.5, 0.6) is 0 Å². The lowest BCUT2D eigenvalue weighted by Gasteiger charge is -2.05. The second-order valence-electron chi connectivity index (χ2n) is 5.44. The van der Waals surface area contributed by atoms with Crippen molar-refractivity contribution in [1.29, 1.82) is 0 Å². The van der Waals surface area contributed by atoms with Crippen molar-refractivity contribution in [3.05, 3.63) is 102 Å². The summed E-state index contributed by atoms with van der Waals surface area (Å²) in [6.07, 6.45) is 2.17. The second kappa shape index (κ2) is 5.93. The summed E-state index contributed by atoms with van der Waals surface area (Å²) in [6.45, 7) is 0. The highest BCUT2D eigenvalue weighted by molar-refractivity contribution is 5.91. The molecule has 1 N–H and O–H groups in total. The maximum absolute atomic E-state index is 4.76. The maximum atomic E-state index is 4.76. The van der Waals surface area contributed by atoms with Crippen molar-refractivity contribution in [3.63, 3.8) is 0 Å². The molecule has 2 nitrogen and oxygen atoms in total. The number of nitrogens with one attached hydrogen (secondary N) is 1. The Balaban J connectivity index is 1.90. The van der Waals surface area contributed by atoms with E-state index in [1.54, 1.807) is 0 Å². The van der Waals surface area contributed by atoms with Crippen molar-refractivity contribution in [2.45, 2.75) is 0 Å². The first-order valence-electron chi connectivity index (χ1n) is 7.67. The van der Waals surface area contributed by atoms with Crippen LogP contribution >= 0.6 is 0 Å². The zero-order valence-corrected chi connectivity index (χ0v) is 12.6. The summed E-state index contributed by atoms with van der Waals surface area (Å²) in [7, 11) is 0. The average Bonchev–Trinajstić information content (AvgIpc) is 3.05. The van der Waals surface area contributed by atoms with Crippen LogP contribution < -0.4 is 0 Å². The number of imidazole rings is 1. The molecule has 1 heterocycles. The van der Waals surface area contributed by atoms with Crippen LogP contribution in [0.2, 0.25) is 0 Å². The molecule has 0 unspecified atom stereocenters. The molecule has 2 heteroatoms. The lowest BCUT2D eigenvalue weighted by molar-refractivity contribution is 1.26. The van der Waals surface area contributed by atoms with Crippen molar-refractivity contribution >= 4 is 22.7 Å². The van der Waals surface area contributed by atoms with Crippen LogP contribution in [0.25, 0.3) is 22.7 Å². The van der Waals surface area contributed by atoms with Gasteiger partial charge in [0.05, 0.1) is 11.0 Å². The topological polar surface area (TPSA) is 28.7 Å². The fourth-order valence-corrected chi connectivity index (χ4v) is 2.70. The Morgan fingerprint density at radius 2 is 1.39 bits per heavy atom. The lowest BCUT2D eigenvalue weighted by Crippen LogP contribution is -1.90. The van der Waals surface area contributed by atoms with E-state index in [0.29, 0.717) is 0 Å². The first-order valence-corrected chi connectivity index (χ1v) is 7.67. The summed E-state index contributed by atoms with van der Waals surface area (Å²) in [4.78, 5) is 8.20. The molecule has 0 radical (unpaired) electrons. The van der Waals surface area contributed by atoms with Gasteiger partial charge in [-0.05, 0) is 29.3 Å². The molecule has 1 aromatic heterocycles. The summed E-state index contributed by atoms with van der Waals surface area (Å²) >= 11 is 0. The minimum atomic E-state index is 0.890. The van der Waals surface area contributed by atoms with Gasteiger partial charge in [0.15, 0.2) is 0 Å². The third-order valence-corrected chi connectivity index (χ3v) is 3.84. The number of hydrogen-bond donors (Lipinski definition) is 1. The standard InChI is InChI=1S/C21H16N2/c1-3-9-16(10-4-1)15-18(17-11-5-2-6-12-17)21-22-19-13-7-8-14-20(19)23-21/h1-15H,(H,22,23)/b18-15+. The Bertz CT molecular complexity index is 918. The van der Waals surface area contributed by atoms with Crippen LogP contribution in [0.4, 0.5) is 0 Å². The Kier molecular flexibility index (Phi) is 3.49. The highest BCUT2D eigenvalue weighted by atomic mass is 14.9. The first kappa shape index (κ1) is 13.5. The minimum Gasteiger partial charge on any atom is -0.338 e. The Hall–Kier alpha value is -3.13. The molecule has 0 aliphatic rings. The number of fused-ring (bicyclic) bond motifs is 1. The maximum Gasteiger partial charge on any atom is 0.139 e. The largest absolute Gasteiger partial charge is 0.338 e. The third kappa shape index (κ3) is 2.79. The Labute approximate surface area is 135 Å². The summed E-state index contributed by atoms with van der Waals surface area (Å²) in [5, 5.41) is 0. The first-order chi connectivity index (χ1) is 11.4. The van der Waals surface area contributed by atoms with Gasteiger partial charge in [0.25, 0.3) is 0 Å². The Morgan fingerprint density at radius 3 is 2.13 bits per heavy atom. The highest BCUT2D eigenvalue weighted by Gasteiger charge is 2.10. The molecule has 0 fully saturated rings. The van der Waals surface area contributed by atoms with E-state index in [1.165, 1.54) is 0 Å². The van der Waals surface area contributed by atoms with Crippen LogP contribution in [-0.2, 0) is 0 Å². The quantitative estimate of drug-likeness (QED) is 0.520. The number of benzene rings is 3. The summed E-state index contributed by atoms with van der Waals surface area (Å²) in [6, 6.07) is 28.8. The lowest BCUT2D eigenvalue weighted by atomic mass is 10.0. The molecule has 0 atom stereocenters. The molecular weight excluding hydrogens is 280 g/mol. The number of hydrogen-bond acceptors (Lipinski definition) is 1. The zero-order valence-electron chi connectivity index (χ0n) is 12.6. The Morgan fingerprint density at radius 1 is 0.739 bits per heavy atom. The zero-order chi connectivity index (χ0) is 15.5. The number of rotatable bonds is 3. The molecule has 4 aromatic rings. The molecule has 0 aliphatic carbocycles. The van der Waals surface area contributed by atoms with E-state index in [0.717, 1.165) is 33.6 Å². The monoisotopic (exact) mass is 296 g/mol. The van der Waals surface area contributed by atoms with Crippen molar-refractivity contribution in [2.75, 3.05) is 0 Å². The molecule has 0 saturated carbocycles. The van der Waals surface area contributed by atoms with E-state index in [1.807, 2.05) is 42.5 Å². The van der Waals surface area contributed by atoms with Gasteiger partial charge in [0.2, 0.25) is 0 Å². The third-order valence-electron chi connectivity index (χ3n) is 3.84. The normalized spacial score (nSPS) is 11.7. The van der Waals surface area contributed by atoms with Gasteiger partial charge in [-0.15, -0.1) is 0 Å². The van der Waals surface area contributed by atoms with Crippen molar-refractivity contribution < 1.29 is 0 Å². The van der Waals surface area contributed by atoms with Crippen molar-refractivity contribution in [1.82, 2.24) is 9.97 Å². The average molecular weight is 296 g/mol. The molecule has 0 saturated heterocycles. The molecule has 0 bridgehead atoms. The van der Waals surface area contributed by atoms with Gasteiger partial charge < -0.3 is 4.98 Å². The molecule has 0 amide bonds. The number of H-pyrrole nitrogens is 1. The highest BCUT2D eigenvalue weighted by Crippen LogP contribution is 2.25. The fraction of sp³-hybridized carbons (Fsp3) is 0. The van der Waals surface area contributed by atoms with E-state index in [-0.39, 0.29) is 0 Å². The van der Waals surface area contributed by atoms with Gasteiger partial charge in [0, 0.05) is 5.57 Å². The van der Waals surface area contributed by atoms with Gasteiger partial charge in [-0.1, -0.05) is 72.8 Å². The van der Waals surface area contributed by atoms with Crippen LogP contribution in [0.15, 0.2) is 84.9 Å². The van der Waals surface area contributed by atoms with Gasteiger partial charge >= 0.3 is 0 Å². The molecule has 4 rings (SSSR count). The fourth-order valence-electron chi connectivity index (χ4n) is 2.70. The van der Waals surface area contributed by atoms with E-state index < -0.39 is 0 Å². The van der Waals surface area contributed by atoms with Crippen LogP contribution in [0.3, 0.4) is 0 Å². The molecule has 23 heavy (non-hydrogen) atoms. The van der Waals surface area contributed by atoms with Gasteiger partial charge in [0.1, 0.15) is 5.82 Å². The second-order valence-corrected chi connectivity index (χ2v) is 5.44. The van der Waals surface area contributed by atoms with Gasteiger partial charge in [-0.2, -0.15) is 0 Å². The van der Waals surface area contributed by atoms with E-state index in [4.69, 9.17) is 4.98 Å². The van der Waals surface area contributed by atoms with Crippen molar-refractivity contribution in [2.24, 2.45) is 0 Å². The van der Waals surface area contributed by atoms with E-state index in [2.05, 4.69) is 53.5 Å². The molecule has 0 aliphatic heterocycles. The smallest absolute Gasteiger partial charge is 0.139 e. The number of aromatic amines is 1. The molecule has 110 valence electrons. The van der Waals surface area contributed by atoms with Crippen LogP contribution in [-0.4, -0.2) is 9.97 Å². The van der Waals surface area contributed by atoms with Crippen molar-refractivity contribution in [3.8, 4) is 0 Å². The van der Waals surface area contributed by atoms with E-state index >= 15 is 0 Å². The minimum absolute atomic E-state index is 0.890. The SMILES string of the molecule is C(=C(/c1ccccc1)c1nc2ccccc2[nH]1)/c1ccccc1. The van der Waals surface area contributed by atoms with Gasteiger partial charge in [-0.25, -0.2) is 4.98 Å². The molecular formula is C21H16N2. The van der Waals surface area contributed by atoms with Crippen LogP contribution in [0.1, 0.15) is 17.0 Å². The number of aromatic nitrogens is 2. The molecule has 3 aromatic carbocycles.